The minimum Gasteiger partial charge on any atom is -0.339 e. The van der Waals surface area contributed by atoms with Crippen LogP contribution in [0.5, 0.6) is 0 Å². The molecule has 3 heterocycles. The number of amides is 1. The molecule has 0 spiro atoms. The van der Waals surface area contributed by atoms with Gasteiger partial charge in [0.25, 0.3) is 0 Å². The van der Waals surface area contributed by atoms with E-state index in [0.717, 1.165) is 56.9 Å². The molecule has 1 amide bonds. The van der Waals surface area contributed by atoms with Crippen molar-refractivity contribution in [3.63, 3.8) is 0 Å². The fourth-order valence-corrected chi connectivity index (χ4v) is 5.10. The van der Waals surface area contributed by atoms with Crippen molar-refractivity contribution in [3.8, 4) is 6.19 Å². The highest BCUT2D eigenvalue weighted by molar-refractivity contribution is 9.09. The van der Waals surface area contributed by atoms with Gasteiger partial charge in [0, 0.05) is 42.8 Å². The maximum atomic E-state index is 12.3. The Hall–Kier alpha value is -0.760. The van der Waals surface area contributed by atoms with E-state index in [1.54, 1.807) is 0 Å². The molecule has 4 nitrogen and oxygen atoms in total. The zero-order chi connectivity index (χ0) is 14.8. The van der Waals surface area contributed by atoms with Crippen LogP contribution >= 0.6 is 15.9 Å². The molecule has 3 saturated heterocycles. The lowest BCUT2D eigenvalue weighted by atomic mass is 9.69. The second-order valence-corrected chi connectivity index (χ2v) is 7.48. The molecule has 0 aromatic heterocycles. The minimum absolute atomic E-state index is 0.350. The largest absolute Gasteiger partial charge is 0.339 e. The van der Waals surface area contributed by atoms with E-state index in [4.69, 9.17) is 0 Å². The highest BCUT2D eigenvalue weighted by Gasteiger charge is 2.49. The zero-order valence-electron chi connectivity index (χ0n) is 12.5. The molecule has 3 aliphatic rings. The van der Waals surface area contributed by atoms with Crippen molar-refractivity contribution < 1.29 is 4.79 Å². The Kier molecular flexibility index (Phi) is 4.73. The van der Waals surface area contributed by atoms with E-state index >= 15 is 0 Å². The summed E-state index contributed by atoms with van der Waals surface area (Å²) in [5.41, 5.74) is 0. The Labute approximate surface area is 135 Å². The molecular weight excluding hydrogens is 330 g/mol. The number of carbonyl (C=O) groups excluding carboxylic acids is 1. The fourth-order valence-electron chi connectivity index (χ4n) is 4.78. The van der Waals surface area contributed by atoms with Crippen LogP contribution in [0.4, 0.5) is 0 Å². The van der Waals surface area contributed by atoms with E-state index < -0.39 is 0 Å². The molecule has 0 aromatic rings. The molecule has 4 atom stereocenters. The third kappa shape index (κ3) is 2.79. The van der Waals surface area contributed by atoms with Gasteiger partial charge in [-0.15, -0.1) is 0 Å². The van der Waals surface area contributed by atoms with Gasteiger partial charge in [0.05, 0.1) is 0 Å². The first-order chi connectivity index (χ1) is 10.3. The number of halogens is 1. The first-order valence-corrected chi connectivity index (χ1v) is 9.40. The molecule has 3 aliphatic heterocycles. The molecule has 3 fully saturated rings. The SMILES string of the molecule is N#CN1CCC[C@@H]2[C@@H]1[C@H](CCCBr)CN1C(=O)CCC[C@@H]21. The molecule has 0 radical (unpaired) electrons. The van der Waals surface area contributed by atoms with Crippen molar-refractivity contribution in [1.29, 1.82) is 5.26 Å². The number of fused-ring (bicyclic) bond motifs is 3. The smallest absolute Gasteiger partial charge is 0.222 e. The first kappa shape index (κ1) is 15.1. The van der Waals surface area contributed by atoms with Crippen LogP contribution in [0.15, 0.2) is 0 Å². The number of likely N-dealkylation sites (tertiary alicyclic amines) is 1. The van der Waals surface area contributed by atoms with Gasteiger partial charge in [-0.05, 0) is 44.4 Å². The van der Waals surface area contributed by atoms with E-state index in [1.165, 1.54) is 6.42 Å². The van der Waals surface area contributed by atoms with Crippen LogP contribution < -0.4 is 0 Å². The van der Waals surface area contributed by atoms with Crippen LogP contribution in [0.2, 0.25) is 0 Å². The van der Waals surface area contributed by atoms with Crippen molar-refractivity contribution in [2.24, 2.45) is 11.8 Å². The van der Waals surface area contributed by atoms with Gasteiger partial charge in [-0.25, -0.2) is 0 Å². The topological polar surface area (TPSA) is 47.3 Å². The number of hydrogen-bond acceptors (Lipinski definition) is 3. The molecule has 0 unspecified atom stereocenters. The third-order valence-electron chi connectivity index (χ3n) is 5.59. The number of hydrogen-bond donors (Lipinski definition) is 0. The van der Waals surface area contributed by atoms with Crippen LogP contribution in [-0.2, 0) is 4.79 Å². The summed E-state index contributed by atoms with van der Waals surface area (Å²) in [6, 6.07) is 0.766. The van der Waals surface area contributed by atoms with Gasteiger partial charge in [-0.3, -0.25) is 4.79 Å². The minimum atomic E-state index is 0.350. The quantitative estimate of drug-likeness (QED) is 0.578. The van der Waals surface area contributed by atoms with Crippen molar-refractivity contribution in [1.82, 2.24) is 9.80 Å². The molecule has 3 rings (SSSR count). The first-order valence-electron chi connectivity index (χ1n) is 8.28. The van der Waals surface area contributed by atoms with Gasteiger partial charge >= 0.3 is 0 Å². The number of nitrogens with zero attached hydrogens (tertiary/aromatic N) is 3. The van der Waals surface area contributed by atoms with Gasteiger partial charge in [0.15, 0.2) is 6.19 Å². The van der Waals surface area contributed by atoms with E-state index in [-0.39, 0.29) is 0 Å². The Morgan fingerprint density at radius 3 is 2.95 bits per heavy atom. The third-order valence-corrected chi connectivity index (χ3v) is 6.15. The molecule has 21 heavy (non-hydrogen) atoms. The monoisotopic (exact) mass is 353 g/mol. The van der Waals surface area contributed by atoms with Crippen LogP contribution in [-0.4, -0.2) is 46.2 Å². The van der Waals surface area contributed by atoms with Gasteiger partial charge in [-0.2, -0.15) is 5.26 Å². The number of alkyl halides is 1. The highest BCUT2D eigenvalue weighted by Crippen LogP contribution is 2.42. The van der Waals surface area contributed by atoms with Crippen molar-refractivity contribution >= 4 is 21.8 Å². The fraction of sp³-hybridized carbons (Fsp3) is 0.875. The molecule has 116 valence electrons. The van der Waals surface area contributed by atoms with Crippen molar-refractivity contribution in [3.05, 3.63) is 0 Å². The van der Waals surface area contributed by atoms with E-state index in [9.17, 15) is 10.1 Å². The Balaban J connectivity index is 1.85. The predicted molar refractivity (Wildman–Crippen MR) is 84.7 cm³/mol. The average Bonchev–Trinajstić information content (AvgIpc) is 2.52. The molecule has 0 bridgehead atoms. The zero-order valence-corrected chi connectivity index (χ0v) is 14.1. The van der Waals surface area contributed by atoms with Gasteiger partial charge in [0.1, 0.15) is 0 Å². The Bertz CT molecular complexity index is 436. The Morgan fingerprint density at radius 1 is 1.33 bits per heavy atom. The summed E-state index contributed by atoms with van der Waals surface area (Å²) in [7, 11) is 0. The van der Waals surface area contributed by atoms with E-state index in [0.29, 0.717) is 29.8 Å². The molecule has 0 aliphatic carbocycles. The summed E-state index contributed by atoms with van der Waals surface area (Å²) in [5.74, 6) is 1.32. The van der Waals surface area contributed by atoms with Gasteiger partial charge in [-0.1, -0.05) is 15.9 Å². The lowest BCUT2D eigenvalue weighted by Crippen LogP contribution is -2.64. The van der Waals surface area contributed by atoms with Gasteiger partial charge < -0.3 is 9.80 Å². The number of piperidine rings is 3. The maximum Gasteiger partial charge on any atom is 0.222 e. The lowest BCUT2D eigenvalue weighted by Gasteiger charge is -2.55. The Morgan fingerprint density at radius 2 is 2.19 bits per heavy atom. The standard InChI is InChI=1S/C16H24BrN3O/c17-8-2-4-12-10-20-14(6-1-7-15(20)21)13-5-3-9-19(11-18)16(12)13/h12-14,16H,1-10H2/t12-,13+,14+,16+/m1/s1. The molecule has 5 heteroatoms. The summed E-state index contributed by atoms with van der Waals surface area (Å²) in [6.45, 7) is 1.78. The average molecular weight is 354 g/mol. The predicted octanol–water partition coefficient (Wildman–Crippen LogP) is 2.73. The highest BCUT2D eigenvalue weighted by atomic mass is 79.9. The number of nitriles is 1. The van der Waals surface area contributed by atoms with Crippen LogP contribution in [0.1, 0.15) is 44.9 Å². The molecular formula is C16H24BrN3O. The van der Waals surface area contributed by atoms with Crippen molar-refractivity contribution in [2.45, 2.75) is 57.0 Å². The normalized spacial score (nSPS) is 35.9. The number of carbonyl (C=O) groups is 1. The van der Waals surface area contributed by atoms with Crippen LogP contribution in [0.3, 0.4) is 0 Å². The van der Waals surface area contributed by atoms with Crippen LogP contribution in [0.25, 0.3) is 0 Å². The van der Waals surface area contributed by atoms with Crippen LogP contribution in [0, 0.1) is 23.3 Å². The lowest BCUT2D eigenvalue weighted by molar-refractivity contribution is -0.146. The second kappa shape index (κ2) is 6.56. The van der Waals surface area contributed by atoms with Crippen molar-refractivity contribution in [2.75, 3.05) is 18.4 Å². The molecule has 0 aromatic carbocycles. The van der Waals surface area contributed by atoms with E-state index in [1.807, 2.05) is 4.90 Å². The summed E-state index contributed by atoms with van der Waals surface area (Å²) in [6.07, 6.45) is 9.84. The van der Waals surface area contributed by atoms with Gasteiger partial charge in [0.2, 0.25) is 5.91 Å². The maximum absolute atomic E-state index is 12.3. The number of rotatable bonds is 3. The summed E-state index contributed by atoms with van der Waals surface area (Å²) in [4.78, 5) is 16.5. The summed E-state index contributed by atoms with van der Waals surface area (Å²) < 4.78 is 0. The molecule has 0 N–H and O–H groups in total. The van der Waals surface area contributed by atoms with E-state index in [2.05, 4.69) is 27.0 Å². The summed E-state index contributed by atoms with van der Waals surface area (Å²) in [5, 5.41) is 10.5. The molecule has 0 saturated carbocycles. The summed E-state index contributed by atoms with van der Waals surface area (Å²) >= 11 is 3.52. The second-order valence-electron chi connectivity index (χ2n) is 6.69.